The molecule has 3 heterocycles. The Bertz CT molecular complexity index is 1640. The Kier molecular flexibility index (Phi) is 7.26. The zero-order valence-electron chi connectivity index (χ0n) is 22.0. The molecule has 1 aliphatic heterocycles. The van der Waals surface area contributed by atoms with Gasteiger partial charge in [-0.1, -0.05) is 30.0 Å². The fourth-order valence-corrected chi connectivity index (χ4v) is 5.58. The highest BCUT2D eigenvalue weighted by Gasteiger charge is 2.21. The van der Waals surface area contributed by atoms with Crippen LogP contribution >= 0.6 is 11.8 Å². The Balaban J connectivity index is 1.28. The van der Waals surface area contributed by atoms with Crippen molar-refractivity contribution in [3.8, 4) is 0 Å². The monoisotopic (exact) mass is 551 g/mol. The Morgan fingerprint density at radius 3 is 2.48 bits per heavy atom. The number of nitrogens with one attached hydrogen (secondary N) is 4. The van der Waals surface area contributed by atoms with Gasteiger partial charge in [-0.3, -0.25) is 14.7 Å². The summed E-state index contributed by atoms with van der Waals surface area (Å²) in [4.78, 5) is 36.2. The van der Waals surface area contributed by atoms with Crippen LogP contribution in [0.15, 0.2) is 95.0 Å². The number of fused-ring (bicyclic) bond motifs is 1. The minimum atomic E-state index is -0.358. The number of piperazine rings is 1. The van der Waals surface area contributed by atoms with Crippen LogP contribution in [0.25, 0.3) is 10.9 Å². The molecule has 5 aromatic rings. The van der Waals surface area contributed by atoms with Crippen molar-refractivity contribution in [1.29, 1.82) is 0 Å². The molecule has 10 heteroatoms. The summed E-state index contributed by atoms with van der Waals surface area (Å²) in [7, 11) is 2.11. The lowest BCUT2D eigenvalue weighted by Gasteiger charge is -2.34. The molecule has 0 saturated carbocycles. The average Bonchev–Trinajstić information content (AvgIpc) is 3.65. The number of H-pyrrole nitrogens is 2. The average molecular weight is 552 g/mol. The van der Waals surface area contributed by atoms with Gasteiger partial charge in [-0.25, -0.2) is 0 Å². The second kappa shape index (κ2) is 11.3. The number of hydrogen-bond donors (Lipinski definition) is 4. The minimum Gasteiger partial charge on any atom is -0.369 e. The molecule has 202 valence electrons. The summed E-state index contributed by atoms with van der Waals surface area (Å²) < 4.78 is 0. The predicted molar refractivity (Wildman–Crippen MR) is 160 cm³/mol. The molecular formula is C30H29N7O2S. The quantitative estimate of drug-likeness (QED) is 0.219. The topological polar surface area (TPSA) is 109 Å². The number of likely N-dealkylation sites (N-methyl/N-ethyl adjacent to an activating group) is 1. The van der Waals surface area contributed by atoms with Gasteiger partial charge in [-0.15, -0.1) is 0 Å². The van der Waals surface area contributed by atoms with E-state index in [0.717, 1.165) is 52.6 Å². The molecular weight excluding hydrogens is 522 g/mol. The molecule has 2 aromatic heterocycles. The zero-order valence-corrected chi connectivity index (χ0v) is 22.8. The first-order chi connectivity index (χ1) is 19.5. The molecule has 4 N–H and O–H groups in total. The third-order valence-electron chi connectivity index (χ3n) is 6.97. The molecule has 1 fully saturated rings. The maximum Gasteiger partial charge on any atom is 0.258 e. The standard InChI is InChI=1S/C30H29N7O2S/c1-36-13-15-37(16-14-36)21-7-9-24(27(17-21)32-29(38)20-11-12-31-19-20)30(39)33-28-25-18-23(8-10-26(25)34-35-28)40-22-5-3-2-4-6-22/h2-12,17-19,31H,13-16H2,1H3,(H,32,38)(H2,33,34,35,39). The number of carbonyl (C=O) groups is 2. The molecule has 0 atom stereocenters. The van der Waals surface area contributed by atoms with Gasteiger partial charge in [0.1, 0.15) is 0 Å². The van der Waals surface area contributed by atoms with Crippen LogP contribution in [0.1, 0.15) is 20.7 Å². The second-order valence-corrected chi connectivity index (χ2v) is 10.9. The molecule has 0 radical (unpaired) electrons. The van der Waals surface area contributed by atoms with E-state index in [2.05, 4.69) is 54.8 Å². The lowest BCUT2D eigenvalue weighted by Crippen LogP contribution is -2.44. The van der Waals surface area contributed by atoms with E-state index in [0.29, 0.717) is 22.6 Å². The van der Waals surface area contributed by atoms with Crippen molar-refractivity contribution in [2.24, 2.45) is 0 Å². The van der Waals surface area contributed by atoms with Crippen molar-refractivity contribution in [3.63, 3.8) is 0 Å². The molecule has 3 aromatic carbocycles. The van der Waals surface area contributed by atoms with Crippen molar-refractivity contribution < 1.29 is 9.59 Å². The number of hydrogen-bond acceptors (Lipinski definition) is 6. The van der Waals surface area contributed by atoms with Gasteiger partial charge in [0.2, 0.25) is 0 Å². The summed E-state index contributed by atoms with van der Waals surface area (Å²) in [6.07, 6.45) is 3.32. The van der Waals surface area contributed by atoms with Crippen LogP contribution < -0.4 is 15.5 Å². The normalized spacial score (nSPS) is 13.9. The first kappa shape index (κ1) is 25.7. The molecule has 2 amide bonds. The Labute approximate surface area is 236 Å². The lowest BCUT2D eigenvalue weighted by molar-refractivity contribution is 0.102. The van der Waals surface area contributed by atoms with Gasteiger partial charge in [-0.2, -0.15) is 5.10 Å². The van der Waals surface area contributed by atoms with Crippen LogP contribution in [0.2, 0.25) is 0 Å². The predicted octanol–water partition coefficient (Wildman–Crippen LogP) is 5.30. The Morgan fingerprint density at radius 1 is 0.875 bits per heavy atom. The summed E-state index contributed by atoms with van der Waals surface area (Å²) >= 11 is 1.64. The molecule has 9 nitrogen and oxygen atoms in total. The Hall–Kier alpha value is -4.54. The van der Waals surface area contributed by atoms with Crippen LogP contribution in [-0.4, -0.2) is 65.1 Å². The van der Waals surface area contributed by atoms with Gasteiger partial charge in [0, 0.05) is 59.4 Å². The van der Waals surface area contributed by atoms with E-state index in [9.17, 15) is 9.59 Å². The van der Waals surface area contributed by atoms with Crippen molar-refractivity contribution in [1.82, 2.24) is 20.1 Å². The summed E-state index contributed by atoms with van der Waals surface area (Å²) in [6.45, 7) is 3.64. The van der Waals surface area contributed by atoms with Crippen LogP contribution in [0.5, 0.6) is 0 Å². The van der Waals surface area contributed by atoms with Gasteiger partial charge in [0.15, 0.2) is 5.82 Å². The van der Waals surface area contributed by atoms with Crippen LogP contribution in [0, 0.1) is 0 Å². The summed E-state index contributed by atoms with van der Waals surface area (Å²) in [6, 6.07) is 23.4. The summed E-state index contributed by atoms with van der Waals surface area (Å²) in [5, 5.41) is 14.1. The van der Waals surface area contributed by atoms with Crippen LogP contribution in [-0.2, 0) is 0 Å². The van der Waals surface area contributed by atoms with Gasteiger partial charge in [0.25, 0.3) is 11.8 Å². The molecule has 0 aliphatic carbocycles. The van der Waals surface area contributed by atoms with Crippen LogP contribution in [0.3, 0.4) is 0 Å². The number of nitrogens with zero attached hydrogens (tertiary/aromatic N) is 3. The number of rotatable bonds is 7. The van der Waals surface area contributed by atoms with Crippen molar-refractivity contribution in [2.45, 2.75) is 9.79 Å². The third-order valence-corrected chi connectivity index (χ3v) is 7.97. The lowest BCUT2D eigenvalue weighted by atomic mass is 10.1. The molecule has 1 aliphatic rings. The van der Waals surface area contributed by atoms with Crippen molar-refractivity contribution >= 4 is 51.7 Å². The first-order valence-corrected chi connectivity index (χ1v) is 13.9. The van der Waals surface area contributed by atoms with Crippen molar-refractivity contribution in [2.75, 3.05) is 48.8 Å². The van der Waals surface area contributed by atoms with Crippen molar-refractivity contribution in [3.05, 3.63) is 96.3 Å². The number of aromatic amines is 2. The van der Waals surface area contributed by atoms with Gasteiger partial charge < -0.3 is 25.4 Å². The number of carbonyl (C=O) groups excluding carboxylic acids is 2. The van der Waals surface area contributed by atoms with Gasteiger partial charge in [0.05, 0.1) is 22.3 Å². The largest absolute Gasteiger partial charge is 0.369 e. The highest BCUT2D eigenvalue weighted by Crippen LogP contribution is 2.32. The molecule has 0 unspecified atom stereocenters. The Morgan fingerprint density at radius 2 is 1.70 bits per heavy atom. The summed E-state index contributed by atoms with van der Waals surface area (Å²) in [5.41, 5.74) is 3.06. The van der Waals surface area contributed by atoms with E-state index in [-0.39, 0.29) is 11.8 Å². The SMILES string of the molecule is CN1CCN(c2ccc(C(=O)Nc3n[nH]c4ccc(Sc5ccccc5)cc34)c(NC(=O)c3cc[nH]c3)c2)CC1. The highest BCUT2D eigenvalue weighted by molar-refractivity contribution is 7.99. The first-order valence-electron chi connectivity index (χ1n) is 13.1. The smallest absolute Gasteiger partial charge is 0.258 e. The fraction of sp³-hybridized carbons (Fsp3) is 0.167. The number of benzene rings is 3. The number of amides is 2. The van der Waals surface area contributed by atoms with Gasteiger partial charge >= 0.3 is 0 Å². The highest BCUT2D eigenvalue weighted by atomic mass is 32.2. The van der Waals surface area contributed by atoms with Crippen LogP contribution in [0.4, 0.5) is 17.2 Å². The zero-order chi connectivity index (χ0) is 27.5. The van der Waals surface area contributed by atoms with E-state index in [4.69, 9.17) is 0 Å². The minimum absolute atomic E-state index is 0.293. The maximum absolute atomic E-state index is 13.6. The molecule has 40 heavy (non-hydrogen) atoms. The fourth-order valence-electron chi connectivity index (χ4n) is 4.71. The van der Waals surface area contributed by atoms with E-state index in [1.807, 2.05) is 48.5 Å². The third kappa shape index (κ3) is 5.58. The number of aromatic nitrogens is 3. The van der Waals surface area contributed by atoms with E-state index in [1.54, 1.807) is 36.3 Å². The van der Waals surface area contributed by atoms with E-state index in [1.165, 1.54) is 0 Å². The van der Waals surface area contributed by atoms with Gasteiger partial charge in [-0.05, 0) is 61.6 Å². The molecule has 0 bridgehead atoms. The maximum atomic E-state index is 13.6. The molecule has 1 saturated heterocycles. The second-order valence-electron chi connectivity index (χ2n) is 9.72. The summed E-state index contributed by atoms with van der Waals surface area (Å²) in [5.74, 6) is -0.219. The molecule has 0 spiro atoms. The number of anilines is 3. The van der Waals surface area contributed by atoms with E-state index >= 15 is 0 Å². The van der Waals surface area contributed by atoms with E-state index < -0.39 is 0 Å². The molecule has 6 rings (SSSR count).